The van der Waals surface area contributed by atoms with Crippen LogP contribution in [0.3, 0.4) is 0 Å². The molecule has 3 nitrogen and oxygen atoms in total. The van der Waals surface area contributed by atoms with Crippen LogP contribution < -0.4 is 5.32 Å². The first-order valence-electron chi connectivity index (χ1n) is 6.34. The molecule has 0 saturated heterocycles. The molecule has 0 aliphatic heterocycles. The van der Waals surface area contributed by atoms with Crippen molar-refractivity contribution >= 4 is 23.4 Å². The number of carbonyl (C=O) groups is 1. The molecule has 0 aliphatic rings. The zero-order valence-corrected chi connectivity index (χ0v) is 12.3. The third-order valence-electron chi connectivity index (χ3n) is 3.11. The fraction of sp³-hybridized carbons (Fsp3) is 0.188. The molecule has 0 bridgehead atoms. The molecule has 0 heterocycles. The molecule has 0 spiro atoms. The molecule has 2 aromatic rings. The number of rotatable bonds is 5. The molecule has 0 fully saturated rings. The average molecular weight is 287 g/mol. The highest BCUT2D eigenvalue weighted by Gasteiger charge is 2.07. The van der Waals surface area contributed by atoms with Crippen molar-refractivity contribution < 1.29 is 9.90 Å². The van der Waals surface area contributed by atoms with E-state index in [1.54, 1.807) is 30.0 Å². The standard InChI is InChI=1S/C16H17NO2S/c1-11(12-6-8-15(20-2)9-7-12)17-14-5-3-4-13(10-14)16(18)19/h3-11,17H,1-2H3,(H,18,19). The summed E-state index contributed by atoms with van der Waals surface area (Å²) in [5.74, 6) is -0.911. The molecule has 1 unspecified atom stereocenters. The largest absolute Gasteiger partial charge is 0.478 e. The van der Waals surface area contributed by atoms with Crippen molar-refractivity contribution in [3.63, 3.8) is 0 Å². The minimum absolute atomic E-state index is 0.120. The molecule has 1 atom stereocenters. The monoisotopic (exact) mass is 287 g/mol. The Morgan fingerprint density at radius 1 is 1.20 bits per heavy atom. The van der Waals surface area contributed by atoms with E-state index in [4.69, 9.17) is 5.11 Å². The van der Waals surface area contributed by atoms with Crippen molar-refractivity contribution in [3.8, 4) is 0 Å². The Bertz CT molecular complexity index is 596. The first-order chi connectivity index (χ1) is 9.60. The SMILES string of the molecule is CSc1ccc(C(C)Nc2cccc(C(=O)O)c2)cc1. The van der Waals surface area contributed by atoms with Crippen LogP contribution in [0.5, 0.6) is 0 Å². The quantitative estimate of drug-likeness (QED) is 0.806. The molecular formula is C16H17NO2S. The Balaban J connectivity index is 2.12. The molecule has 0 aromatic heterocycles. The maximum absolute atomic E-state index is 10.9. The van der Waals surface area contributed by atoms with E-state index in [0.29, 0.717) is 5.56 Å². The summed E-state index contributed by atoms with van der Waals surface area (Å²) in [7, 11) is 0. The topological polar surface area (TPSA) is 49.3 Å². The summed E-state index contributed by atoms with van der Waals surface area (Å²) < 4.78 is 0. The van der Waals surface area contributed by atoms with E-state index in [0.717, 1.165) is 5.69 Å². The first kappa shape index (κ1) is 14.5. The molecule has 4 heteroatoms. The van der Waals surface area contributed by atoms with E-state index in [-0.39, 0.29) is 6.04 Å². The summed E-state index contributed by atoms with van der Waals surface area (Å²) in [5.41, 5.74) is 2.27. The third kappa shape index (κ3) is 3.54. The zero-order chi connectivity index (χ0) is 14.5. The highest BCUT2D eigenvalue weighted by atomic mass is 32.2. The van der Waals surface area contributed by atoms with Gasteiger partial charge in [-0.15, -0.1) is 11.8 Å². The Labute approximate surface area is 123 Å². The van der Waals surface area contributed by atoms with E-state index in [1.807, 2.05) is 12.3 Å². The molecule has 20 heavy (non-hydrogen) atoms. The van der Waals surface area contributed by atoms with Gasteiger partial charge in [0, 0.05) is 16.6 Å². The van der Waals surface area contributed by atoms with Gasteiger partial charge >= 0.3 is 5.97 Å². The van der Waals surface area contributed by atoms with Crippen LogP contribution in [0.1, 0.15) is 28.9 Å². The lowest BCUT2D eigenvalue weighted by Crippen LogP contribution is -2.07. The summed E-state index contributed by atoms with van der Waals surface area (Å²) in [5, 5.41) is 12.3. The van der Waals surface area contributed by atoms with Gasteiger partial charge in [-0.2, -0.15) is 0 Å². The highest BCUT2D eigenvalue weighted by Crippen LogP contribution is 2.22. The molecular weight excluding hydrogens is 270 g/mol. The van der Waals surface area contributed by atoms with Crippen LogP contribution in [0.4, 0.5) is 5.69 Å². The molecule has 2 N–H and O–H groups in total. The Kier molecular flexibility index (Phi) is 4.69. The number of hydrogen-bond donors (Lipinski definition) is 2. The van der Waals surface area contributed by atoms with Crippen molar-refractivity contribution in [2.75, 3.05) is 11.6 Å². The van der Waals surface area contributed by atoms with Gasteiger partial charge in [0.25, 0.3) is 0 Å². The predicted octanol–water partition coefficient (Wildman–Crippen LogP) is 4.28. The number of benzene rings is 2. The summed E-state index contributed by atoms with van der Waals surface area (Å²) in [6.45, 7) is 2.06. The second-order valence-electron chi connectivity index (χ2n) is 4.53. The van der Waals surface area contributed by atoms with Gasteiger partial charge in [-0.3, -0.25) is 0 Å². The number of nitrogens with one attached hydrogen (secondary N) is 1. The number of carboxylic acids is 1. The molecule has 104 valence electrons. The normalized spacial score (nSPS) is 11.9. The fourth-order valence-electron chi connectivity index (χ4n) is 1.97. The number of aromatic carboxylic acids is 1. The number of hydrogen-bond acceptors (Lipinski definition) is 3. The van der Waals surface area contributed by atoms with Crippen LogP contribution in [-0.4, -0.2) is 17.3 Å². The number of carboxylic acid groups (broad SMARTS) is 1. The fourth-order valence-corrected chi connectivity index (χ4v) is 2.38. The maximum Gasteiger partial charge on any atom is 0.335 e. The van der Waals surface area contributed by atoms with Crippen molar-refractivity contribution in [1.82, 2.24) is 0 Å². The molecule has 0 radical (unpaired) electrons. The van der Waals surface area contributed by atoms with Gasteiger partial charge in [0.1, 0.15) is 0 Å². The van der Waals surface area contributed by atoms with Gasteiger partial charge in [0.2, 0.25) is 0 Å². The average Bonchev–Trinajstić information content (AvgIpc) is 2.47. The highest BCUT2D eigenvalue weighted by molar-refractivity contribution is 7.98. The summed E-state index contributed by atoms with van der Waals surface area (Å²) in [6.07, 6.45) is 2.05. The third-order valence-corrected chi connectivity index (χ3v) is 3.85. The van der Waals surface area contributed by atoms with Crippen molar-refractivity contribution in [3.05, 3.63) is 59.7 Å². The molecule has 0 aliphatic carbocycles. The van der Waals surface area contributed by atoms with Crippen LogP contribution >= 0.6 is 11.8 Å². The Morgan fingerprint density at radius 3 is 2.50 bits per heavy atom. The van der Waals surface area contributed by atoms with Crippen molar-refractivity contribution in [1.29, 1.82) is 0 Å². The lowest BCUT2D eigenvalue weighted by Gasteiger charge is -2.16. The van der Waals surface area contributed by atoms with E-state index in [2.05, 4.69) is 36.5 Å². The summed E-state index contributed by atoms with van der Waals surface area (Å²) in [6, 6.07) is 15.3. The van der Waals surface area contributed by atoms with E-state index >= 15 is 0 Å². The zero-order valence-electron chi connectivity index (χ0n) is 11.5. The Hall–Kier alpha value is -1.94. The van der Waals surface area contributed by atoms with Gasteiger partial charge < -0.3 is 10.4 Å². The summed E-state index contributed by atoms with van der Waals surface area (Å²) in [4.78, 5) is 12.2. The van der Waals surface area contributed by atoms with Crippen LogP contribution in [-0.2, 0) is 0 Å². The molecule has 0 amide bonds. The first-order valence-corrected chi connectivity index (χ1v) is 7.56. The van der Waals surface area contributed by atoms with Crippen LogP contribution in [0, 0.1) is 0 Å². The van der Waals surface area contributed by atoms with E-state index in [1.165, 1.54) is 10.5 Å². The molecule has 0 saturated carbocycles. The second-order valence-corrected chi connectivity index (χ2v) is 5.40. The van der Waals surface area contributed by atoms with Crippen LogP contribution in [0.15, 0.2) is 53.4 Å². The minimum Gasteiger partial charge on any atom is -0.478 e. The summed E-state index contributed by atoms with van der Waals surface area (Å²) >= 11 is 1.71. The van der Waals surface area contributed by atoms with Crippen LogP contribution in [0.25, 0.3) is 0 Å². The maximum atomic E-state index is 10.9. The van der Waals surface area contributed by atoms with Gasteiger partial charge in [0.15, 0.2) is 0 Å². The van der Waals surface area contributed by atoms with Crippen LogP contribution in [0.2, 0.25) is 0 Å². The van der Waals surface area contributed by atoms with E-state index < -0.39 is 5.97 Å². The second kappa shape index (κ2) is 6.48. The lowest BCUT2D eigenvalue weighted by molar-refractivity contribution is 0.0697. The molecule has 2 aromatic carbocycles. The van der Waals surface area contributed by atoms with Gasteiger partial charge in [0.05, 0.1) is 5.56 Å². The predicted molar refractivity (Wildman–Crippen MR) is 83.7 cm³/mol. The Morgan fingerprint density at radius 2 is 1.90 bits per heavy atom. The lowest BCUT2D eigenvalue weighted by atomic mass is 10.1. The smallest absolute Gasteiger partial charge is 0.335 e. The van der Waals surface area contributed by atoms with Crippen molar-refractivity contribution in [2.24, 2.45) is 0 Å². The van der Waals surface area contributed by atoms with Gasteiger partial charge in [-0.25, -0.2) is 4.79 Å². The van der Waals surface area contributed by atoms with E-state index in [9.17, 15) is 4.79 Å². The van der Waals surface area contributed by atoms with Gasteiger partial charge in [-0.1, -0.05) is 18.2 Å². The molecule has 2 rings (SSSR count). The number of anilines is 1. The minimum atomic E-state index is -0.911. The van der Waals surface area contributed by atoms with Gasteiger partial charge in [-0.05, 0) is 49.1 Å². The van der Waals surface area contributed by atoms with Crippen molar-refractivity contribution in [2.45, 2.75) is 17.9 Å². The number of thioether (sulfide) groups is 1.